The van der Waals surface area contributed by atoms with Crippen LogP contribution in [0.3, 0.4) is 0 Å². The summed E-state index contributed by atoms with van der Waals surface area (Å²) in [6.07, 6.45) is 0. The van der Waals surface area contributed by atoms with Gasteiger partial charge in [-0.25, -0.2) is 0 Å². The van der Waals surface area contributed by atoms with Crippen molar-refractivity contribution in [2.45, 2.75) is 53.4 Å². The van der Waals surface area contributed by atoms with E-state index in [4.69, 9.17) is 8.83 Å². The Labute approximate surface area is 215 Å². The zero-order chi connectivity index (χ0) is 27.5. The van der Waals surface area contributed by atoms with Gasteiger partial charge in [0.25, 0.3) is 11.9 Å². The molecule has 0 atom stereocenters. The highest BCUT2D eigenvalue weighted by atomic mass is 16.5. The summed E-state index contributed by atoms with van der Waals surface area (Å²) in [5, 5.41) is 45.8. The van der Waals surface area contributed by atoms with Crippen LogP contribution in [0.4, 0.5) is 0 Å². The number of rotatable bonds is 2. The minimum Gasteiger partial charge on any atom is -0.504 e. The maximum absolute atomic E-state index is 13.0. The summed E-state index contributed by atoms with van der Waals surface area (Å²) in [6, 6.07) is 3.66. The maximum atomic E-state index is 13.0. The molecule has 0 aliphatic rings. The fourth-order valence-electron chi connectivity index (χ4n) is 6.15. The van der Waals surface area contributed by atoms with Crippen molar-refractivity contribution in [2.75, 3.05) is 0 Å². The lowest BCUT2D eigenvalue weighted by molar-refractivity contribution is 0.347. The van der Waals surface area contributed by atoms with Gasteiger partial charge in [-0.1, -0.05) is 39.8 Å². The number of benzene rings is 4. The van der Waals surface area contributed by atoms with Crippen LogP contribution in [0, 0.1) is 24.3 Å². The summed E-state index contributed by atoms with van der Waals surface area (Å²) < 4.78 is 11.6. The SMILES string of the molecule is Cc1cc2c(C(C)C)c(O)c(O)c3c(O)oc(/c1=c1/c(C)cc4c(C(C)C)c(=O)c(=O)c5c(O)oc1c45)c23. The molecule has 0 saturated heterocycles. The molecule has 2 heterocycles. The first-order valence-corrected chi connectivity index (χ1v) is 12.4. The van der Waals surface area contributed by atoms with E-state index in [-0.39, 0.29) is 39.5 Å². The lowest BCUT2D eigenvalue weighted by atomic mass is 9.89. The lowest BCUT2D eigenvalue weighted by Gasteiger charge is -2.15. The number of aryl methyl sites for hydroxylation is 2. The van der Waals surface area contributed by atoms with Crippen molar-refractivity contribution in [3.05, 3.63) is 65.3 Å². The Morgan fingerprint density at radius 2 is 1.05 bits per heavy atom. The highest BCUT2D eigenvalue weighted by Crippen LogP contribution is 2.51. The van der Waals surface area contributed by atoms with Gasteiger partial charge >= 0.3 is 0 Å². The zero-order valence-corrected chi connectivity index (χ0v) is 21.7. The third-order valence-corrected chi connectivity index (χ3v) is 7.66. The molecule has 194 valence electrons. The van der Waals surface area contributed by atoms with Crippen LogP contribution in [0.2, 0.25) is 0 Å². The monoisotopic (exact) mass is 514 g/mol. The third-order valence-electron chi connectivity index (χ3n) is 7.66. The quantitative estimate of drug-likeness (QED) is 0.162. The third kappa shape index (κ3) is 2.74. The van der Waals surface area contributed by atoms with Gasteiger partial charge in [-0.15, -0.1) is 0 Å². The highest BCUT2D eigenvalue weighted by Gasteiger charge is 2.28. The van der Waals surface area contributed by atoms with Gasteiger partial charge in [0, 0.05) is 32.3 Å². The molecule has 8 nitrogen and oxygen atoms in total. The summed E-state index contributed by atoms with van der Waals surface area (Å²) in [7, 11) is 0. The fraction of sp³-hybridized carbons (Fsp3) is 0.267. The Bertz CT molecular complexity index is 2180. The normalized spacial score (nSPS) is 13.5. The van der Waals surface area contributed by atoms with Crippen molar-refractivity contribution in [3.63, 3.8) is 0 Å². The van der Waals surface area contributed by atoms with Crippen LogP contribution in [0.5, 0.6) is 23.4 Å². The fourth-order valence-corrected chi connectivity index (χ4v) is 6.15. The van der Waals surface area contributed by atoms with Gasteiger partial charge in [-0.3, -0.25) is 9.59 Å². The van der Waals surface area contributed by atoms with Crippen LogP contribution in [-0.2, 0) is 0 Å². The van der Waals surface area contributed by atoms with E-state index in [2.05, 4.69) is 0 Å². The van der Waals surface area contributed by atoms with Crippen molar-refractivity contribution >= 4 is 43.5 Å². The molecule has 0 bridgehead atoms. The van der Waals surface area contributed by atoms with E-state index in [0.29, 0.717) is 54.2 Å². The molecule has 38 heavy (non-hydrogen) atoms. The molecule has 0 radical (unpaired) electrons. The summed E-state index contributed by atoms with van der Waals surface area (Å²) in [4.78, 5) is 26.0. The van der Waals surface area contributed by atoms with Crippen molar-refractivity contribution in [1.29, 1.82) is 0 Å². The molecular weight excluding hydrogens is 488 g/mol. The molecule has 0 amide bonds. The average molecular weight is 515 g/mol. The largest absolute Gasteiger partial charge is 0.504 e. The molecule has 2 aromatic heterocycles. The predicted octanol–water partition coefficient (Wildman–Crippen LogP) is 6.05. The molecule has 0 spiro atoms. The van der Waals surface area contributed by atoms with Crippen LogP contribution in [0.15, 0.2) is 30.6 Å². The van der Waals surface area contributed by atoms with E-state index in [1.54, 1.807) is 6.07 Å². The second-order valence-corrected chi connectivity index (χ2v) is 10.7. The molecule has 6 rings (SSSR count). The summed E-state index contributed by atoms with van der Waals surface area (Å²) in [5.74, 6) is -2.37. The van der Waals surface area contributed by atoms with Gasteiger partial charge < -0.3 is 29.3 Å². The van der Waals surface area contributed by atoms with E-state index < -0.39 is 28.5 Å². The first-order chi connectivity index (χ1) is 17.9. The summed E-state index contributed by atoms with van der Waals surface area (Å²) >= 11 is 0. The van der Waals surface area contributed by atoms with Gasteiger partial charge in [0.05, 0.1) is 0 Å². The van der Waals surface area contributed by atoms with Crippen molar-refractivity contribution in [1.82, 2.24) is 0 Å². The highest BCUT2D eigenvalue weighted by molar-refractivity contribution is 6.17. The number of phenols is 2. The number of hydrogen-bond donors (Lipinski definition) is 4. The van der Waals surface area contributed by atoms with E-state index in [1.165, 1.54) is 0 Å². The van der Waals surface area contributed by atoms with Crippen LogP contribution in [-0.4, -0.2) is 20.4 Å². The smallest absolute Gasteiger partial charge is 0.294 e. The van der Waals surface area contributed by atoms with Gasteiger partial charge in [0.1, 0.15) is 21.9 Å². The van der Waals surface area contributed by atoms with Crippen molar-refractivity contribution < 1.29 is 29.3 Å². The molecule has 4 N–H and O–H groups in total. The Hall–Kier alpha value is -4.46. The number of hydrogen-bond acceptors (Lipinski definition) is 8. The van der Waals surface area contributed by atoms with Crippen LogP contribution >= 0.6 is 0 Å². The van der Waals surface area contributed by atoms with Crippen LogP contribution in [0.1, 0.15) is 61.8 Å². The first kappa shape index (κ1) is 23.9. The molecule has 0 aliphatic carbocycles. The second-order valence-electron chi connectivity index (χ2n) is 10.7. The Morgan fingerprint density at radius 3 is 1.55 bits per heavy atom. The number of phenolic OH excluding ortho intramolecular Hbond substituents is 2. The molecule has 8 heteroatoms. The summed E-state index contributed by atoms with van der Waals surface area (Å²) in [6.45, 7) is 11.1. The van der Waals surface area contributed by atoms with E-state index in [9.17, 15) is 30.0 Å². The van der Waals surface area contributed by atoms with E-state index >= 15 is 0 Å². The molecule has 0 saturated carbocycles. The molecule has 0 unspecified atom stereocenters. The van der Waals surface area contributed by atoms with Crippen LogP contribution in [0.25, 0.3) is 43.5 Å². The molecule has 6 aromatic rings. The number of furan rings is 2. The van der Waals surface area contributed by atoms with Crippen LogP contribution < -0.4 is 10.9 Å². The minimum absolute atomic E-state index is 0.0102. The molecule has 4 aromatic carbocycles. The van der Waals surface area contributed by atoms with Gasteiger partial charge in [-0.2, -0.15) is 0 Å². The first-order valence-electron chi connectivity index (χ1n) is 12.4. The molecular formula is C30H26O8. The Kier molecular flexibility index (Phi) is 4.74. The standard InChI is InChI=1S/C30H26O8/c1-9(2)15-13-7-11(5)17(27-19(13)21(29(35)37-27)25(33)23(15)31)18-12(6)8-14-16(10(3)4)24(32)26(34)22-20(14)28(18)38-30(22)36/h7-10,31,33,35-36H,1-6H3/b18-17-. The number of aromatic hydroxyl groups is 4. The van der Waals surface area contributed by atoms with Gasteiger partial charge in [0.15, 0.2) is 11.5 Å². The van der Waals surface area contributed by atoms with Gasteiger partial charge in [0.2, 0.25) is 10.9 Å². The molecule has 0 aliphatic heterocycles. The maximum Gasteiger partial charge on any atom is 0.294 e. The average Bonchev–Trinajstić information content (AvgIpc) is 3.34. The Morgan fingerprint density at radius 1 is 0.605 bits per heavy atom. The van der Waals surface area contributed by atoms with E-state index in [0.717, 1.165) is 0 Å². The molecule has 0 fully saturated rings. The lowest BCUT2D eigenvalue weighted by Crippen LogP contribution is -2.28. The minimum atomic E-state index is -0.821. The Balaban J connectivity index is 2.01. The van der Waals surface area contributed by atoms with Crippen molar-refractivity contribution in [2.24, 2.45) is 0 Å². The topological polar surface area (TPSA) is 141 Å². The summed E-state index contributed by atoms with van der Waals surface area (Å²) in [5.41, 5.74) is 1.26. The predicted molar refractivity (Wildman–Crippen MR) is 144 cm³/mol. The van der Waals surface area contributed by atoms with Crippen molar-refractivity contribution in [3.8, 4) is 23.4 Å². The van der Waals surface area contributed by atoms with Gasteiger partial charge in [-0.05, 0) is 47.6 Å². The zero-order valence-electron chi connectivity index (χ0n) is 21.7. The second kappa shape index (κ2) is 7.54. The van der Waals surface area contributed by atoms with E-state index in [1.807, 2.05) is 47.6 Å².